The van der Waals surface area contributed by atoms with Crippen molar-refractivity contribution in [3.05, 3.63) is 48.0 Å². The van der Waals surface area contributed by atoms with Crippen molar-refractivity contribution in [1.82, 2.24) is 0 Å². The highest BCUT2D eigenvalue weighted by molar-refractivity contribution is 6.40. The van der Waals surface area contributed by atoms with Crippen LogP contribution in [0.15, 0.2) is 36.9 Å². The molecule has 1 aliphatic carbocycles. The van der Waals surface area contributed by atoms with Crippen LogP contribution < -0.4 is 0 Å². The second-order valence-corrected chi connectivity index (χ2v) is 5.72. The highest BCUT2D eigenvalue weighted by Crippen LogP contribution is 2.42. The molecule has 3 heteroatoms. The maximum absolute atomic E-state index is 9.00. The summed E-state index contributed by atoms with van der Waals surface area (Å²) in [7, 11) is -1.26. The molecule has 0 unspecified atom stereocenters. The van der Waals surface area contributed by atoms with E-state index < -0.39 is 7.12 Å². The lowest BCUT2D eigenvalue weighted by Crippen LogP contribution is -2.28. The van der Waals surface area contributed by atoms with Gasteiger partial charge in [-0.15, -0.1) is 6.58 Å². The summed E-state index contributed by atoms with van der Waals surface area (Å²) in [4.78, 5) is 0. The third-order valence-electron chi connectivity index (χ3n) is 4.33. The van der Waals surface area contributed by atoms with Crippen molar-refractivity contribution in [2.45, 2.75) is 50.3 Å². The SMILES string of the molecule is C=CCC1(c2ccc(CB(O)O)cc2)CCCCC1. The molecule has 1 aromatic rings. The molecule has 2 nitrogen and oxygen atoms in total. The van der Waals surface area contributed by atoms with E-state index >= 15 is 0 Å². The highest BCUT2D eigenvalue weighted by Gasteiger charge is 2.32. The van der Waals surface area contributed by atoms with Gasteiger partial charge in [0.05, 0.1) is 0 Å². The molecule has 0 saturated heterocycles. The topological polar surface area (TPSA) is 40.5 Å². The van der Waals surface area contributed by atoms with E-state index in [1.54, 1.807) is 0 Å². The van der Waals surface area contributed by atoms with E-state index in [9.17, 15) is 0 Å². The minimum Gasteiger partial charge on any atom is -0.427 e. The van der Waals surface area contributed by atoms with Crippen molar-refractivity contribution >= 4 is 7.12 Å². The Morgan fingerprint density at radius 3 is 2.26 bits per heavy atom. The van der Waals surface area contributed by atoms with Crippen molar-refractivity contribution in [1.29, 1.82) is 0 Å². The van der Waals surface area contributed by atoms with Crippen LogP contribution in [0.4, 0.5) is 0 Å². The lowest BCUT2D eigenvalue weighted by atomic mass is 9.67. The van der Waals surface area contributed by atoms with Gasteiger partial charge in [0, 0.05) is 6.32 Å². The van der Waals surface area contributed by atoms with E-state index in [1.807, 2.05) is 18.2 Å². The molecular formula is C16H23BO2. The zero-order valence-corrected chi connectivity index (χ0v) is 11.5. The molecule has 19 heavy (non-hydrogen) atoms. The molecule has 0 radical (unpaired) electrons. The zero-order valence-electron chi connectivity index (χ0n) is 11.5. The molecule has 102 valence electrons. The summed E-state index contributed by atoms with van der Waals surface area (Å²) in [5.74, 6) is 0. The predicted molar refractivity (Wildman–Crippen MR) is 79.9 cm³/mol. The van der Waals surface area contributed by atoms with Crippen LogP contribution in [0.5, 0.6) is 0 Å². The van der Waals surface area contributed by atoms with Crippen molar-refractivity contribution in [3.8, 4) is 0 Å². The molecule has 1 aromatic carbocycles. The lowest BCUT2D eigenvalue weighted by Gasteiger charge is -2.37. The maximum atomic E-state index is 9.00. The maximum Gasteiger partial charge on any atom is 0.456 e. The summed E-state index contributed by atoms with van der Waals surface area (Å²) in [5.41, 5.74) is 2.61. The van der Waals surface area contributed by atoms with Crippen molar-refractivity contribution in [2.75, 3.05) is 0 Å². The van der Waals surface area contributed by atoms with Gasteiger partial charge in [-0.05, 0) is 30.2 Å². The largest absolute Gasteiger partial charge is 0.456 e. The van der Waals surface area contributed by atoms with Crippen LogP contribution in [0.1, 0.15) is 49.7 Å². The molecule has 0 aromatic heterocycles. The fourth-order valence-electron chi connectivity index (χ4n) is 3.32. The van der Waals surface area contributed by atoms with Gasteiger partial charge in [0.15, 0.2) is 0 Å². The Morgan fingerprint density at radius 1 is 1.11 bits per heavy atom. The Kier molecular flexibility index (Phi) is 4.84. The van der Waals surface area contributed by atoms with E-state index in [4.69, 9.17) is 10.0 Å². The van der Waals surface area contributed by atoms with Gasteiger partial charge in [-0.2, -0.15) is 0 Å². The average molecular weight is 258 g/mol. The van der Waals surface area contributed by atoms with E-state index in [-0.39, 0.29) is 5.41 Å². The first-order valence-electron chi connectivity index (χ1n) is 7.23. The van der Waals surface area contributed by atoms with Gasteiger partial charge in [0.2, 0.25) is 0 Å². The van der Waals surface area contributed by atoms with Crippen LogP contribution >= 0.6 is 0 Å². The molecule has 0 bridgehead atoms. The molecule has 0 amide bonds. The molecule has 1 fully saturated rings. The van der Waals surface area contributed by atoms with Gasteiger partial charge in [-0.3, -0.25) is 0 Å². The van der Waals surface area contributed by atoms with Crippen molar-refractivity contribution in [2.24, 2.45) is 0 Å². The predicted octanol–water partition coefficient (Wildman–Crippen LogP) is 3.02. The Bertz CT molecular complexity index is 405. The highest BCUT2D eigenvalue weighted by atomic mass is 16.4. The number of hydrogen-bond donors (Lipinski definition) is 2. The van der Waals surface area contributed by atoms with Gasteiger partial charge < -0.3 is 10.0 Å². The lowest BCUT2D eigenvalue weighted by molar-refractivity contribution is 0.295. The summed E-state index contributed by atoms with van der Waals surface area (Å²) < 4.78 is 0. The number of hydrogen-bond acceptors (Lipinski definition) is 2. The van der Waals surface area contributed by atoms with Crippen LogP contribution in [0, 0.1) is 0 Å². The first-order chi connectivity index (χ1) is 9.16. The summed E-state index contributed by atoms with van der Waals surface area (Å²) in [6.45, 7) is 3.92. The van der Waals surface area contributed by atoms with Gasteiger partial charge in [0.25, 0.3) is 0 Å². The molecular weight excluding hydrogens is 235 g/mol. The molecule has 1 aliphatic rings. The normalized spacial score (nSPS) is 18.0. The summed E-state index contributed by atoms with van der Waals surface area (Å²) in [5, 5.41) is 18.0. The fraction of sp³-hybridized carbons (Fsp3) is 0.500. The van der Waals surface area contributed by atoms with Gasteiger partial charge in [-0.1, -0.05) is 55.2 Å². The second kappa shape index (κ2) is 6.40. The number of benzene rings is 1. The first-order valence-corrected chi connectivity index (χ1v) is 7.23. The van der Waals surface area contributed by atoms with E-state index in [2.05, 4.69) is 18.7 Å². The van der Waals surface area contributed by atoms with E-state index in [0.717, 1.165) is 12.0 Å². The van der Waals surface area contributed by atoms with Crippen LogP contribution in [-0.4, -0.2) is 17.2 Å². The molecule has 2 rings (SSSR count). The van der Waals surface area contributed by atoms with Crippen molar-refractivity contribution in [3.63, 3.8) is 0 Å². The Labute approximate surface area is 116 Å². The standard InChI is InChI=1S/C16H23BO2/c1-2-10-16(11-4-3-5-12-16)15-8-6-14(7-9-15)13-17(18)19/h2,6-9,18-19H,1,3-5,10-13H2. The fourth-order valence-corrected chi connectivity index (χ4v) is 3.32. The monoisotopic (exact) mass is 258 g/mol. The van der Waals surface area contributed by atoms with Crippen LogP contribution in [0.3, 0.4) is 0 Å². The van der Waals surface area contributed by atoms with Crippen LogP contribution in [0.25, 0.3) is 0 Å². The Balaban J connectivity index is 2.19. The molecule has 0 aliphatic heterocycles. The quantitative estimate of drug-likeness (QED) is 0.629. The molecule has 1 saturated carbocycles. The second-order valence-electron chi connectivity index (χ2n) is 5.72. The Hall–Kier alpha value is -1.06. The first kappa shape index (κ1) is 14.4. The average Bonchev–Trinajstić information content (AvgIpc) is 2.40. The number of allylic oxidation sites excluding steroid dienone is 1. The minimum absolute atomic E-state index is 0.260. The van der Waals surface area contributed by atoms with Gasteiger partial charge >= 0.3 is 7.12 Å². The Morgan fingerprint density at radius 2 is 1.74 bits per heavy atom. The summed E-state index contributed by atoms with van der Waals surface area (Å²) in [6, 6.07) is 8.36. The van der Waals surface area contributed by atoms with Crippen LogP contribution in [0.2, 0.25) is 0 Å². The van der Waals surface area contributed by atoms with Gasteiger partial charge in [0.1, 0.15) is 0 Å². The minimum atomic E-state index is -1.26. The van der Waals surface area contributed by atoms with Crippen LogP contribution in [-0.2, 0) is 11.7 Å². The summed E-state index contributed by atoms with van der Waals surface area (Å²) in [6.07, 6.45) is 9.78. The smallest absolute Gasteiger partial charge is 0.427 e. The van der Waals surface area contributed by atoms with E-state index in [1.165, 1.54) is 37.7 Å². The van der Waals surface area contributed by atoms with Gasteiger partial charge in [-0.25, -0.2) is 0 Å². The molecule has 0 heterocycles. The molecule has 0 spiro atoms. The van der Waals surface area contributed by atoms with E-state index in [0.29, 0.717) is 6.32 Å². The number of rotatable bonds is 5. The third kappa shape index (κ3) is 3.49. The van der Waals surface area contributed by atoms with Crippen molar-refractivity contribution < 1.29 is 10.0 Å². The zero-order chi connectivity index (χ0) is 13.7. The summed E-state index contributed by atoms with van der Waals surface area (Å²) >= 11 is 0. The third-order valence-corrected chi connectivity index (χ3v) is 4.33. The molecule has 2 N–H and O–H groups in total. The molecule has 0 atom stereocenters.